The number of fused-ring (bicyclic) bond motifs is 1. The predicted octanol–water partition coefficient (Wildman–Crippen LogP) is 0.895. The minimum atomic E-state index is -4.56. The first-order valence-corrected chi connectivity index (χ1v) is 6.18. The molecule has 0 bridgehead atoms. The Morgan fingerprint density at radius 3 is 2.40 bits per heavy atom. The molecule has 0 atom stereocenters. The fourth-order valence-corrected chi connectivity index (χ4v) is 2.16. The Labute approximate surface area is 112 Å². The van der Waals surface area contributed by atoms with E-state index in [0.29, 0.717) is 5.82 Å². The van der Waals surface area contributed by atoms with Crippen LogP contribution in [0, 0.1) is 0 Å². The first-order valence-electron chi connectivity index (χ1n) is 6.18. The van der Waals surface area contributed by atoms with Gasteiger partial charge < -0.3 is 9.80 Å². The second kappa shape index (κ2) is 4.58. The van der Waals surface area contributed by atoms with Crippen molar-refractivity contribution >= 4 is 11.5 Å². The van der Waals surface area contributed by atoms with E-state index in [2.05, 4.69) is 20.2 Å². The van der Waals surface area contributed by atoms with Gasteiger partial charge in [0.15, 0.2) is 5.65 Å². The summed E-state index contributed by atoms with van der Waals surface area (Å²) >= 11 is 0. The van der Waals surface area contributed by atoms with E-state index < -0.39 is 12.0 Å². The summed E-state index contributed by atoms with van der Waals surface area (Å²) in [4.78, 5) is 4.12. The second-order valence-corrected chi connectivity index (χ2v) is 4.77. The Morgan fingerprint density at radius 2 is 1.75 bits per heavy atom. The highest BCUT2D eigenvalue weighted by molar-refractivity contribution is 5.46. The van der Waals surface area contributed by atoms with Crippen molar-refractivity contribution in [3.63, 3.8) is 0 Å². The highest BCUT2D eigenvalue weighted by atomic mass is 19.4. The molecule has 1 saturated heterocycles. The Bertz CT molecular complexity index is 614. The van der Waals surface area contributed by atoms with Crippen molar-refractivity contribution in [3.05, 3.63) is 18.0 Å². The maximum Gasteiger partial charge on any atom is 0.453 e. The van der Waals surface area contributed by atoms with Crippen LogP contribution in [0.15, 0.2) is 12.1 Å². The lowest BCUT2D eigenvalue weighted by Gasteiger charge is -2.33. The molecule has 1 aliphatic rings. The third-order valence-electron chi connectivity index (χ3n) is 3.33. The lowest BCUT2D eigenvalue weighted by atomic mass is 10.3. The molecule has 2 aromatic rings. The Morgan fingerprint density at radius 1 is 1.05 bits per heavy atom. The van der Waals surface area contributed by atoms with Crippen LogP contribution in [-0.4, -0.2) is 57.9 Å². The third-order valence-corrected chi connectivity index (χ3v) is 3.33. The van der Waals surface area contributed by atoms with E-state index in [4.69, 9.17) is 0 Å². The molecule has 9 heteroatoms. The standard InChI is InChI=1S/C11H13F3N6/c1-18-4-6-19(7-5-18)9-3-2-8-15-16-10(11(12,13)14)20(8)17-9/h2-3H,4-7H2,1H3. The second-order valence-electron chi connectivity index (χ2n) is 4.77. The van der Waals surface area contributed by atoms with Crippen molar-refractivity contribution < 1.29 is 13.2 Å². The molecule has 0 N–H and O–H groups in total. The van der Waals surface area contributed by atoms with Crippen LogP contribution in [0.4, 0.5) is 19.0 Å². The summed E-state index contributed by atoms with van der Waals surface area (Å²) in [6.45, 7) is 3.18. The Hall–Kier alpha value is -1.90. The quantitative estimate of drug-likeness (QED) is 0.779. The molecule has 20 heavy (non-hydrogen) atoms. The average molecular weight is 286 g/mol. The van der Waals surface area contributed by atoms with Crippen molar-refractivity contribution in [2.75, 3.05) is 38.1 Å². The summed E-state index contributed by atoms with van der Waals surface area (Å²) in [7, 11) is 2.01. The molecular formula is C11H13F3N6. The van der Waals surface area contributed by atoms with Crippen LogP contribution in [0.3, 0.4) is 0 Å². The topological polar surface area (TPSA) is 49.6 Å². The zero-order chi connectivity index (χ0) is 14.3. The molecule has 0 amide bonds. The summed E-state index contributed by atoms with van der Waals surface area (Å²) in [5, 5.41) is 10.7. The zero-order valence-electron chi connectivity index (χ0n) is 10.8. The lowest BCUT2D eigenvalue weighted by Crippen LogP contribution is -2.45. The number of piperazine rings is 1. The van der Waals surface area contributed by atoms with Gasteiger partial charge in [-0.25, -0.2) is 0 Å². The molecule has 1 aliphatic heterocycles. The van der Waals surface area contributed by atoms with Crippen molar-refractivity contribution in [1.82, 2.24) is 24.7 Å². The normalized spacial score (nSPS) is 17.9. The fraction of sp³-hybridized carbons (Fsp3) is 0.545. The SMILES string of the molecule is CN1CCN(c2ccc3nnc(C(F)(F)F)n3n2)CC1. The highest BCUT2D eigenvalue weighted by Gasteiger charge is 2.37. The summed E-state index contributed by atoms with van der Waals surface area (Å²) in [5.41, 5.74) is 0.0928. The Kier molecular flexibility index (Phi) is 3.00. The maximum atomic E-state index is 12.8. The van der Waals surface area contributed by atoms with Crippen LogP contribution in [0.5, 0.6) is 0 Å². The van der Waals surface area contributed by atoms with Gasteiger partial charge in [0, 0.05) is 26.2 Å². The number of aromatic nitrogens is 4. The van der Waals surface area contributed by atoms with E-state index >= 15 is 0 Å². The van der Waals surface area contributed by atoms with Gasteiger partial charge in [0.2, 0.25) is 0 Å². The first-order chi connectivity index (χ1) is 9.45. The predicted molar refractivity (Wildman–Crippen MR) is 65.5 cm³/mol. The van der Waals surface area contributed by atoms with E-state index in [1.54, 1.807) is 6.07 Å². The van der Waals surface area contributed by atoms with Crippen molar-refractivity contribution in [2.24, 2.45) is 0 Å². The van der Waals surface area contributed by atoms with Crippen molar-refractivity contribution in [2.45, 2.75) is 6.18 Å². The highest BCUT2D eigenvalue weighted by Crippen LogP contribution is 2.27. The number of hydrogen-bond donors (Lipinski definition) is 0. The van der Waals surface area contributed by atoms with E-state index in [1.165, 1.54) is 6.07 Å². The number of rotatable bonds is 1. The molecule has 6 nitrogen and oxygen atoms in total. The van der Waals surface area contributed by atoms with Gasteiger partial charge in [0.05, 0.1) is 0 Å². The fourth-order valence-electron chi connectivity index (χ4n) is 2.16. The molecule has 0 saturated carbocycles. The molecule has 2 aromatic heterocycles. The lowest BCUT2D eigenvalue weighted by molar-refractivity contribution is -0.146. The largest absolute Gasteiger partial charge is 0.453 e. The van der Waals surface area contributed by atoms with Crippen molar-refractivity contribution in [1.29, 1.82) is 0 Å². The molecule has 108 valence electrons. The van der Waals surface area contributed by atoms with Gasteiger partial charge >= 0.3 is 6.18 Å². The van der Waals surface area contributed by atoms with Crippen LogP contribution in [0.2, 0.25) is 0 Å². The summed E-state index contributed by atoms with van der Waals surface area (Å²) in [5.74, 6) is -0.584. The molecule has 1 fully saturated rings. The van der Waals surface area contributed by atoms with Gasteiger partial charge in [-0.3, -0.25) is 0 Å². The summed E-state index contributed by atoms with van der Waals surface area (Å²) < 4.78 is 39.1. The van der Waals surface area contributed by atoms with Gasteiger partial charge in [0.1, 0.15) is 5.82 Å². The van der Waals surface area contributed by atoms with Gasteiger partial charge in [0.25, 0.3) is 5.82 Å². The van der Waals surface area contributed by atoms with E-state index in [1.807, 2.05) is 11.9 Å². The minimum absolute atomic E-state index is 0.0928. The monoisotopic (exact) mass is 286 g/mol. The van der Waals surface area contributed by atoms with Gasteiger partial charge in [-0.1, -0.05) is 0 Å². The number of hydrogen-bond acceptors (Lipinski definition) is 5. The zero-order valence-corrected chi connectivity index (χ0v) is 10.8. The molecule has 3 heterocycles. The van der Waals surface area contributed by atoms with Gasteiger partial charge in [-0.15, -0.1) is 15.3 Å². The molecule has 0 aromatic carbocycles. The number of alkyl halides is 3. The average Bonchev–Trinajstić information content (AvgIpc) is 2.82. The van der Waals surface area contributed by atoms with Crippen LogP contribution >= 0.6 is 0 Å². The number of anilines is 1. The Balaban J connectivity index is 1.97. The molecular weight excluding hydrogens is 273 g/mol. The molecule has 0 aliphatic carbocycles. The molecule has 3 rings (SSSR count). The van der Waals surface area contributed by atoms with E-state index in [9.17, 15) is 13.2 Å². The summed E-state index contributed by atoms with van der Waals surface area (Å²) in [6.07, 6.45) is -4.56. The minimum Gasteiger partial charge on any atom is -0.353 e. The van der Waals surface area contributed by atoms with E-state index in [-0.39, 0.29) is 5.65 Å². The van der Waals surface area contributed by atoms with Crippen LogP contribution < -0.4 is 4.90 Å². The smallest absolute Gasteiger partial charge is 0.353 e. The molecule has 0 spiro atoms. The first kappa shape index (κ1) is 13.1. The number of nitrogens with zero attached hydrogens (tertiary/aromatic N) is 6. The van der Waals surface area contributed by atoms with Crippen LogP contribution in [0.25, 0.3) is 5.65 Å². The van der Waals surface area contributed by atoms with E-state index in [0.717, 1.165) is 30.7 Å². The van der Waals surface area contributed by atoms with Gasteiger partial charge in [-0.05, 0) is 19.2 Å². The van der Waals surface area contributed by atoms with Gasteiger partial charge in [-0.2, -0.15) is 17.7 Å². The maximum absolute atomic E-state index is 12.8. The summed E-state index contributed by atoms with van der Waals surface area (Å²) in [6, 6.07) is 3.18. The van der Waals surface area contributed by atoms with Crippen LogP contribution in [-0.2, 0) is 6.18 Å². The number of likely N-dealkylation sites (N-methyl/N-ethyl adjacent to an activating group) is 1. The number of halogens is 3. The molecule has 0 unspecified atom stereocenters. The third kappa shape index (κ3) is 2.28. The van der Waals surface area contributed by atoms with Crippen LogP contribution in [0.1, 0.15) is 5.82 Å². The molecule has 0 radical (unpaired) electrons. The van der Waals surface area contributed by atoms with Crippen molar-refractivity contribution in [3.8, 4) is 0 Å².